The molecule has 0 fully saturated rings. The fraction of sp³-hybridized carbons (Fsp3) is 0.625. The van der Waals surface area contributed by atoms with Crippen LogP contribution < -0.4 is 0 Å². The molecule has 0 radical (unpaired) electrons. The summed E-state index contributed by atoms with van der Waals surface area (Å²) in [7, 11) is 0. The van der Waals surface area contributed by atoms with Gasteiger partial charge < -0.3 is 0 Å². The maximum Gasteiger partial charge on any atom is 0.0227 e. The smallest absolute Gasteiger partial charge is 0.0227 e. The fourth-order valence-electron chi connectivity index (χ4n) is 0.377. The lowest BCUT2D eigenvalue weighted by Crippen LogP contribution is -1.83. The molecule has 0 saturated heterocycles. The van der Waals surface area contributed by atoms with E-state index < -0.39 is 0 Å². The van der Waals surface area contributed by atoms with E-state index in [4.69, 9.17) is 0 Å². The highest BCUT2D eigenvalue weighted by Gasteiger charge is 1.78. The summed E-state index contributed by atoms with van der Waals surface area (Å²) in [6, 6.07) is 0. The number of nitrogens with zero attached hydrogens (tertiary/aromatic N) is 1. The van der Waals surface area contributed by atoms with Crippen LogP contribution in [0.15, 0.2) is 17.3 Å². The van der Waals surface area contributed by atoms with Gasteiger partial charge in [-0.2, -0.15) is 0 Å². The van der Waals surface area contributed by atoms with E-state index in [1.54, 1.807) is 0 Å². The van der Waals surface area contributed by atoms with Crippen LogP contribution in [-0.4, -0.2) is 5.71 Å². The van der Waals surface area contributed by atoms with Gasteiger partial charge in [0.1, 0.15) is 0 Å². The van der Waals surface area contributed by atoms with Crippen LogP contribution in [0.4, 0.5) is 0 Å². The molecule has 1 heteroatoms. The van der Waals surface area contributed by atoms with Gasteiger partial charge in [0.25, 0.3) is 0 Å². The molecule has 0 aliphatic heterocycles. The summed E-state index contributed by atoms with van der Waals surface area (Å²) in [5.41, 5.74) is 1.19. The lowest BCUT2D eigenvalue weighted by molar-refractivity contribution is 1.20. The van der Waals surface area contributed by atoms with Gasteiger partial charge in [0.2, 0.25) is 0 Å². The SMILES string of the molecule is CC/C=C\N=C(C)CC. The monoisotopic (exact) mass is 125 g/mol. The van der Waals surface area contributed by atoms with Crippen molar-refractivity contribution in [3.63, 3.8) is 0 Å². The molecule has 0 bridgehead atoms. The van der Waals surface area contributed by atoms with Crippen molar-refractivity contribution in [3.8, 4) is 0 Å². The van der Waals surface area contributed by atoms with Crippen LogP contribution in [0.3, 0.4) is 0 Å². The second-order valence-corrected chi connectivity index (χ2v) is 2.01. The third-order valence-electron chi connectivity index (χ3n) is 1.15. The Balaban J connectivity index is 3.55. The number of rotatable bonds is 3. The van der Waals surface area contributed by atoms with Crippen molar-refractivity contribution in [2.45, 2.75) is 33.6 Å². The first kappa shape index (κ1) is 8.41. The molecule has 0 aliphatic carbocycles. The highest BCUT2D eigenvalue weighted by molar-refractivity contribution is 5.82. The van der Waals surface area contributed by atoms with Gasteiger partial charge >= 0.3 is 0 Å². The highest BCUT2D eigenvalue weighted by atomic mass is 14.7. The molecule has 9 heavy (non-hydrogen) atoms. The zero-order valence-corrected chi connectivity index (χ0v) is 6.52. The third-order valence-corrected chi connectivity index (χ3v) is 1.15. The number of allylic oxidation sites excluding steroid dienone is 1. The Morgan fingerprint density at radius 2 is 2.11 bits per heavy atom. The van der Waals surface area contributed by atoms with Crippen molar-refractivity contribution in [2.24, 2.45) is 4.99 Å². The third kappa shape index (κ3) is 5.28. The van der Waals surface area contributed by atoms with Crippen molar-refractivity contribution in [2.75, 3.05) is 0 Å². The Kier molecular flexibility index (Phi) is 5.18. The van der Waals surface area contributed by atoms with Crippen LogP contribution in [0.2, 0.25) is 0 Å². The number of hydrogen-bond donors (Lipinski definition) is 0. The Labute approximate surface area is 57.5 Å². The largest absolute Gasteiger partial charge is 0.266 e. The molecule has 0 spiro atoms. The summed E-state index contributed by atoms with van der Waals surface area (Å²) in [5.74, 6) is 0. The van der Waals surface area contributed by atoms with Crippen molar-refractivity contribution < 1.29 is 0 Å². The molecule has 0 amide bonds. The van der Waals surface area contributed by atoms with Crippen molar-refractivity contribution >= 4 is 5.71 Å². The predicted molar refractivity (Wildman–Crippen MR) is 42.8 cm³/mol. The lowest BCUT2D eigenvalue weighted by atomic mass is 10.3. The van der Waals surface area contributed by atoms with Gasteiger partial charge in [0, 0.05) is 11.9 Å². The van der Waals surface area contributed by atoms with Crippen LogP contribution in [0.5, 0.6) is 0 Å². The van der Waals surface area contributed by atoms with Crippen molar-refractivity contribution in [1.29, 1.82) is 0 Å². The molecule has 0 atom stereocenters. The second-order valence-electron chi connectivity index (χ2n) is 2.01. The van der Waals surface area contributed by atoms with Gasteiger partial charge in [-0.25, -0.2) is 0 Å². The average Bonchev–Trinajstić information content (AvgIpc) is 1.89. The van der Waals surface area contributed by atoms with Crippen LogP contribution in [0.25, 0.3) is 0 Å². The van der Waals surface area contributed by atoms with E-state index in [0.717, 1.165) is 12.8 Å². The summed E-state index contributed by atoms with van der Waals surface area (Å²) in [6.45, 7) is 6.26. The number of hydrogen-bond acceptors (Lipinski definition) is 1. The molecular formula is C8H15N. The van der Waals surface area contributed by atoms with Crippen LogP contribution in [0, 0.1) is 0 Å². The van der Waals surface area contributed by atoms with E-state index >= 15 is 0 Å². The molecular weight excluding hydrogens is 110 g/mol. The van der Waals surface area contributed by atoms with Gasteiger partial charge in [-0.15, -0.1) is 0 Å². The molecule has 0 unspecified atom stereocenters. The van der Waals surface area contributed by atoms with E-state index in [1.165, 1.54) is 5.71 Å². The summed E-state index contributed by atoms with van der Waals surface area (Å²) in [4.78, 5) is 4.17. The Hall–Kier alpha value is -0.590. The quantitative estimate of drug-likeness (QED) is 0.514. The van der Waals surface area contributed by atoms with Gasteiger partial charge in [-0.1, -0.05) is 19.9 Å². The van der Waals surface area contributed by atoms with Crippen LogP contribution in [0.1, 0.15) is 33.6 Å². The molecule has 0 aliphatic rings. The zero-order valence-electron chi connectivity index (χ0n) is 6.52. The van der Waals surface area contributed by atoms with Gasteiger partial charge in [0.05, 0.1) is 0 Å². The lowest BCUT2D eigenvalue weighted by Gasteiger charge is -1.87. The van der Waals surface area contributed by atoms with E-state index in [1.807, 2.05) is 13.1 Å². The Morgan fingerprint density at radius 3 is 2.56 bits per heavy atom. The van der Waals surface area contributed by atoms with Gasteiger partial charge in [-0.05, 0) is 19.8 Å². The van der Waals surface area contributed by atoms with E-state index in [0.29, 0.717) is 0 Å². The zero-order chi connectivity index (χ0) is 7.11. The first-order valence-corrected chi connectivity index (χ1v) is 3.49. The standard InChI is InChI=1S/C8H15N/c1-4-6-7-9-8(3)5-2/h6-7H,4-5H2,1-3H3/b7-6-,9-8?. The summed E-state index contributed by atoms with van der Waals surface area (Å²) in [6.07, 6.45) is 6.05. The second kappa shape index (κ2) is 5.54. The van der Waals surface area contributed by atoms with E-state index in [-0.39, 0.29) is 0 Å². The highest BCUT2D eigenvalue weighted by Crippen LogP contribution is 1.86. The molecule has 52 valence electrons. The van der Waals surface area contributed by atoms with E-state index in [2.05, 4.69) is 24.9 Å². The average molecular weight is 125 g/mol. The van der Waals surface area contributed by atoms with Crippen LogP contribution >= 0.6 is 0 Å². The Morgan fingerprint density at radius 1 is 1.44 bits per heavy atom. The van der Waals surface area contributed by atoms with Gasteiger partial charge in [-0.3, -0.25) is 4.99 Å². The Bertz CT molecular complexity index is 112. The number of aliphatic imine (C=N–C) groups is 1. The maximum absolute atomic E-state index is 4.17. The van der Waals surface area contributed by atoms with Crippen LogP contribution in [-0.2, 0) is 0 Å². The first-order valence-electron chi connectivity index (χ1n) is 3.49. The molecule has 0 heterocycles. The molecule has 0 aromatic rings. The molecule has 0 N–H and O–H groups in total. The van der Waals surface area contributed by atoms with Crippen molar-refractivity contribution in [1.82, 2.24) is 0 Å². The maximum atomic E-state index is 4.17. The summed E-state index contributed by atoms with van der Waals surface area (Å²) < 4.78 is 0. The van der Waals surface area contributed by atoms with E-state index in [9.17, 15) is 0 Å². The molecule has 0 aromatic carbocycles. The molecule has 0 rings (SSSR count). The minimum absolute atomic E-state index is 1.05. The molecule has 1 nitrogen and oxygen atoms in total. The summed E-state index contributed by atoms with van der Waals surface area (Å²) >= 11 is 0. The summed E-state index contributed by atoms with van der Waals surface area (Å²) in [5, 5.41) is 0. The first-order chi connectivity index (χ1) is 4.31. The predicted octanol–water partition coefficient (Wildman–Crippen LogP) is 2.78. The minimum atomic E-state index is 1.05. The normalized spacial score (nSPS) is 13.0. The van der Waals surface area contributed by atoms with Gasteiger partial charge in [0.15, 0.2) is 0 Å². The topological polar surface area (TPSA) is 12.4 Å². The van der Waals surface area contributed by atoms with Crippen molar-refractivity contribution in [3.05, 3.63) is 12.3 Å². The molecule has 0 aromatic heterocycles. The minimum Gasteiger partial charge on any atom is -0.266 e. The fourth-order valence-corrected chi connectivity index (χ4v) is 0.377. The molecule has 0 saturated carbocycles.